The normalized spacial score (nSPS) is 18.5. The summed E-state index contributed by atoms with van der Waals surface area (Å²) in [5.74, 6) is 0.356. The first kappa shape index (κ1) is 24.2. The zero-order chi connectivity index (χ0) is 26.4. The van der Waals surface area contributed by atoms with Crippen LogP contribution in [0.2, 0.25) is 0 Å². The maximum atomic E-state index is 13.8. The molecule has 2 aromatic heterocycles. The number of ketones is 1. The highest BCUT2D eigenvalue weighted by Gasteiger charge is 2.41. The highest BCUT2D eigenvalue weighted by atomic mass is 32.1. The number of Topliss-reactive ketones (excluding diaryl/α,β-unsaturated/α-hetero) is 1. The van der Waals surface area contributed by atoms with Gasteiger partial charge in [-0.1, -0.05) is 30.3 Å². The summed E-state index contributed by atoms with van der Waals surface area (Å²) in [5, 5.41) is 20.3. The summed E-state index contributed by atoms with van der Waals surface area (Å²) in [6.07, 6.45) is 1.15. The SMILES string of the molecule is CCOc1ccc([C@@H]2C3=C(C[C@H](c4cccs4)CC3=O)Nc3c2c(C)nn3-c2ccccc2C(=O)O)cc1. The van der Waals surface area contributed by atoms with Crippen molar-refractivity contribution in [2.75, 3.05) is 11.9 Å². The number of para-hydroxylation sites is 1. The molecule has 1 aliphatic heterocycles. The van der Waals surface area contributed by atoms with Gasteiger partial charge in [-0.2, -0.15) is 5.10 Å². The monoisotopic (exact) mass is 525 g/mol. The van der Waals surface area contributed by atoms with E-state index in [1.165, 1.54) is 4.88 Å². The number of hydrogen-bond donors (Lipinski definition) is 2. The van der Waals surface area contributed by atoms with E-state index in [1.807, 2.05) is 49.6 Å². The number of fused-ring (bicyclic) bond motifs is 1. The number of ether oxygens (including phenoxy) is 1. The standard InChI is InChI=1S/C30H27N3O4S/c1-3-37-20-12-10-18(11-13-20)27-26-17(2)32-33(23-8-5-4-7-21(23)30(35)36)29(26)31-22-15-19(16-24(34)28(22)27)25-9-6-14-38-25/h4-14,19,27,31H,3,15-16H2,1-2H3,(H,35,36)/t19-,27-/m0/s1. The molecule has 0 unspecified atom stereocenters. The Morgan fingerprint density at radius 2 is 1.92 bits per heavy atom. The highest BCUT2D eigenvalue weighted by Crippen LogP contribution is 2.50. The van der Waals surface area contributed by atoms with Crippen LogP contribution >= 0.6 is 11.3 Å². The largest absolute Gasteiger partial charge is 0.494 e. The highest BCUT2D eigenvalue weighted by molar-refractivity contribution is 7.10. The van der Waals surface area contributed by atoms with Crippen LogP contribution in [0.5, 0.6) is 5.75 Å². The van der Waals surface area contributed by atoms with E-state index in [2.05, 4.69) is 11.4 Å². The third-order valence-electron chi connectivity index (χ3n) is 7.29. The van der Waals surface area contributed by atoms with Crippen LogP contribution < -0.4 is 10.1 Å². The number of anilines is 1. The lowest BCUT2D eigenvalue weighted by molar-refractivity contribution is -0.116. The molecule has 0 radical (unpaired) electrons. The molecule has 8 heteroatoms. The second kappa shape index (κ2) is 9.61. The summed E-state index contributed by atoms with van der Waals surface area (Å²) in [6, 6.07) is 18.8. The van der Waals surface area contributed by atoms with E-state index in [0.717, 1.165) is 33.8 Å². The average molecular weight is 526 g/mol. The molecule has 2 N–H and O–H groups in total. The molecule has 0 bridgehead atoms. The number of aryl methyl sites for hydroxylation is 1. The minimum atomic E-state index is -1.02. The van der Waals surface area contributed by atoms with E-state index in [4.69, 9.17) is 9.84 Å². The molecule has 4 aromatic rings. The van der Waals surface area contributed by atoms with Crippen molar-refractivity contribution < 1.29 is 19.4 Å². The lowest BCUT2D eigenvalue weighted by atomic mass is 9.73. The summed E-state index contributed by atoms with van der Waals surface area (Å²) in [7, 11) is 0. The summed E-state index contributed by atoms with van der Waals surface area (Å²) in [5.41, 5.74) is 4.88. The van der Waals surface area contributed by atoms with Crippen molar-refractivity contribution in [3.8, 4) is 11.4 Å². The maximum Gasteiger partial charge on any atom is 0.337 e. The van der Waals surface area contributed by atoms with Gasteiger partial charge in [0.2, 0.25) is 0 Å². The van der Waals surface area contributed by atoms with Crippen LogP contribution in [0.4, 0.5) is 5.82 Å². The second-order valence-electron chi connectivity index (χ2n) is 9.58. The molecule has 38 heavy (non-hydrogen) atoms. The summed E-state index contributed by atoms with van der Waals surface area (Å²) < 4.78 is 7.34. The molecule has 2 aromatic carbocycles. The molecule has 0 saturated heterocycles. The number of carbonyl (C=O) groups excluding carboxylic acids is 1. The summed E-state index contributed by atoms with van der Waals surface area (Å²) in [4.78, 5) is 27.1. The number of benzene rings is 2. The van der Waals surface area contributed by atoms with Crippen LogP contribution in [0.15, 0.2) is 77.3 Å². The van der Waals surface area contributed by atoms with Crippen molar-refractivity contribution >= 4 is 28.9 Å². The summed E-state index contributed by atoms with van der Waals surface area (Å²) in [6.45, 7) is 4.43. The number of hydrogen-bond acceptors (Lipinski definition) is 6. The van der Waals surface area contributed by atoms with Crippen molar-refractivity contribution in [1.82, 2.24) is 9.78 Å². The molecule has 0 amide bonds. The Kier molecular flexibility index (Phi) is 6.12. The van der Waals surface area contributed by atoms with Crippen molar-refractivity contribution in [3.63, 3.8) is 0 Å². The molecular formula is C30H27N3O4S. The topological polar surface area (TPSA) is 93.5 Å². The van der Waals surface area contributed by atoms with Gasteiger partial charge >= 0.3 is 5.97 Å². The Morgan fingerprint density at radius 3 is 2.63 bits per heavy atom. The minimum absolute atomic E-state index is 0.0973. The smallest absolute Gasteiger partial charge is 0.337 e. The number of carboxylic acids is 1. The van der Waals surface area contributed by atoms with Gasteiger partial charge in [0.05, 0.1) is 23.6 Å². The molecule has 192 valence electrons. The van der Waals surface area contributed by atoms with E-state index in [9.17, 15) is 14.7 Å². The Morgan fingerprint density at radius 1 is 1.13 bits per heavy atom. The minimum Gasteiger partial charge on any atom is -0.494 e. The van der Waals surface area contributed by atoms with Gasteiger partial charge in [-0.3, -0.25) is 4.79 Å². The van der Waals surface area contributed by atoms with Gasteiger partial charge in [0.15, 0.2) is 5.78 Å². The Bertz CT molecular complexity index is 1570. The second-order valence-corrected chi connectivity index (χ2v) is 10.6. The molecule has 2 atom stereocenters. The molecule has 0 fully saturated rings. The van der Waals surface area contributed by atoms with Gasteiger partial charge < -0.3 is 15.2 Å². The number of nitrogens with zero attached hydrogens (tertiary/aromatic N) is 2. The van der Waals surface area contributed by atoms with Gasteiger partial charge in [-0.15, -0.1) is 11.3 Å². The first-order valence-electron chi connectivity index (χ1n) is 12.7. The Hall–Kier alpha value is -4.17. The molecule has 7 nitrogen and oxygen atoms in total. The third-order valence-corrected chi connectivity index (χ3v) is 8.33. The van der Waals surface area contributed by atoms with E-state index in [-0.39, 0.29) is 23.2 Å². The van der Waals surface area contributed by atoms with E-state index in [0.29, 0.717) is 31.0 Å². The van der Waals surface area contributed by atoms with Crippen molar-refractivity contribution in [3.05, 3.63) is 105 Å². The number of nitrogens with one attached hydrogen (secondary N) is 1. The zero-order valence-corrected chi connectivity index (χ0v) is 21.9. The van der Waals surface area contributed by atoms with Gasteiger partial charge in [-0.05, 0) is 61.5 Å². The lowest BCUT2D eigenvalue weighted by Crippen LogP contribution is -2.30. The van der Waals surface area contributed by atoms with Gasteiger partial charge in [0.1, 0.15) is 11.6 Å². The maximum absolute atomic E-state index is 13.8. The fraction of sp³-hybridized carbons (Fsp3) is 0.233. The van der Waals surface area contributed by atoms with Gasteiger partial charge in [-0.25, -0.2) is 9.48 Å². The van der Waals surface area contributed by atoms with E-state index >= 15 is 0 Å². The van der Waals surface area contributed by atoms with Crippen molar-refractivity contribution in [2.45, 2.75) is 38.5 Å². The number of allylic oxidation sites excluding steroid dienone is 2. The molecule has 6 rings (SSSR count). The van der Waals surface area contributed by atoms with Gasteiger partial charge in [0.25, 0.3) is 0 Å². The Labute approximate surface area is 224 Å². The quantitative estimate of drug-likeness (QED) is 0.307. The number of carbonyl (C=O) groups is 2. The number of aromatic nitrogens is 2. The zero-order valence-electron chi connectivity index (χ0n) is 21.1. The molecule has 3 heterocycles. The van der Waals surface area contributed by atoms with Crippen LogP contribution in [0.3, 0.4) is 0 Å². The lowest BCUT2D eigenvalue weighted by Gasteiger charge is -2.35. The number of thiophene rings is 1. The number of aromatic carboxylic acids is 1. The van der Waals surface area contributed by atoms with E-state index < -0.39 is 5.97 Å². The van der Waals surface area contributed by atoms with E-state index in [1.54, 1.807) is 40.3 Å². The summed E-state index contributed by atoms with van der Waals surface area (Å²) >= 11 is 1.67. The van der Waals surface area contributed by atoms with Crippen LogP contribution in [-0.2, 0) is 4.79 Å². The molecule has 1 aliphatic carbocycles. The molecular weight excluding hydrogens is 498 g/mol. The predicted octanol–water partition coefficient (Wildman–Crippen LogP) is 6.30. The predicted molar refractivity (Wildman–Crippen MR) is 147 cm³/mol. The fourth-order valence-electron chi connectivity index (χ4n) is 5.67. The Balaban J connectivity index is 1.54. The third kappa shape index (κ3) is 4.01. The van der Waals surface area contributed by atoms with Crippen LogP contribution in [-0.4, -0.2) is 33.2 Å². The number of rotatable bonds is 6. The first-order chi connectivity index (χ1) is 18.5. The molecule has 2 aliphatic rings. The fourth-order valence-corrected chi connectivity index (χ4v) is 6.50. The van der Waals surface area contributed by atoms with Crippen LogP contribution in [0.25, 0.3) is 5.69 Å². The van der Waals surface area contributed by atoms with Crippen molar-refractivity contribution in [1.29, 1.82) is 0 Å². The molecule has 0 saturated carbocycles. The first-order valence-corrected chi connectivity index (χ1v) is 13.6. The molecule has 0 spiro atoms. The van der Waals surface area contributed by atoms with Crippen molar-refractivity contribution in [2.24, 2.45) is 0 Å². The van der Waals surface area contributed by atoms with Crippen LogP contribution in [0.1, 0.15) is 63.7 Å². The van der Waals surface area contributed by atoms with Gasteiger partial charge in [0, 0.05) is 40.0 Å². The van der Waals surface area contributed by atoms with Crippen LogP contribution in [0, 0.1) is 6.92 Å². The average Bonchev–Trinajstić information content (AvgIpc) is 3.57. The number of carboxylic acid groups (broad SMARTS) is 1.